The van der Waals surface area contributed by atoms with Crippen LogP contribution < -0.4 is 4.74 Å². The van der Waals surface area contributed by atoms with Crippen LogP contribution in [0.25, 0.3) is 16.9 Å². The number of aromatic nitrogens is 3. The van der Waals surface area contributed by atoms with Crippen LogP contribution in [0.4, 0.5) is 0 Å². The van der Waals surface area contributed by atoms with Gasteiger partial charge in [0.25, 0.3) is 0 Å². The molecule has 21 heavy (non-hydrogen) atoms. The van der Waals surface area contributed by atoms with Gasteiger partial charge in [0, 0.05) is 10.5 Å². The van der Waals surface area contributed by atoms with Gasteiger partial charge >= 0.3 is 0 Å². The summed E-state index contributed by atoms with van der Waals surface area (Å²) in [6, 6.07) is 9.24. The number of imidazole rings is 1. The maximum Gasteiger partial charge on any atom is 0.215 e. The molecule has 0 aliphatic heterocycles. The molecule has 0 aliphatic carbocycles. The number of methoxy groups -OCH3 is 1. The molecule has 0 saturated heterocycles. The maximum absolute atomic E-state index is 6.05. The average Bonchev–Trinajstić information content (AvgIpc) is 2.87. The number of hydrogen-bond acceptors (Lipinski definition) is 3. The van der Waals surface area contributed by atoms with E-state index >= 15 is 0 Å². The molecule has 0 atom stereocenters. The van der Waals surface area contributed by atoms with Crippen molar-refractivity contribution in [3.8, 4) is 11.6 Å². The predicted molar refractivity (Wildman–Crippen MR) is 87.7 cm³/mol. The molecule has 1 aromatic carbocycles. The van der Waals surface area contributed by atoms with Crippen molar-refractivity contribution < 1.29 is 4.74 Å². The molecule has 0 radical (unpaired) electrons. The van der Waals surface area contributed by atoms with Crippen LogP contribution >= 0.6 is 39.1 Å². The zero-order valence-corrected chi connectivity index (χ0v) is 14.1. The second-order valence-electron chi connectivity index (χ2n) is 4.29. The maximum atomic E-state index is 6.05. The van der Waals surface area contributed by atoms with E-state index in [9.17, 15) is 0 Å². The van der Waals surface area contributed by atoms with E-state index in [0.717, 1.165) is 15.7 Å². The van der Waals surface area contributed by atoms with Gasteiger partial charge < -0.3 is 4.74 Å². The Morgan fingerprint density at radius 3 is 2.71 bits per heavy atom. The van der Waals surface area contributed by atoms with Gasteiger partial charge in [-0.3, -0.25) is 4.57 Å². The minimum absolute atomic E-state index is 0.277. The number of hydrogen-bond donors (Lipinski definition) is 0. The second-order valence-corrected chi connectivity index (χ2v) is 5.82. The lowest BCUT2D eigenvalue weighted by atomic mass is 10.3. The normalized spacial score (nSPS) is 11.0. The van der Waals surface area contributed by atoms with E-state index < -0.39 is 0 Å². The summed E-state index contributed by atoms with van der Waals surface area (Å²) in [4.78, 5) is 8.96. The molecule has 0 aliphatic rings. The van der Waals surface area contributed by atoms with Crippen molar-refractivity contribution in [2.75, 3.05) is 7.11 Å². The molecule has 2 aromatic heterocycles. The van der Waals surface area contributed by atoms with Crippen molar-refractivity contribution in [2.45, 2.75) is 5.88 Å². The fourth-order valence-corrected chi connectivity index (χ4v) is 2.75. The van der Waals surface area contributed by atoms with Crippen LogP contribution in [0, 0.1) is 0 Å². The van der Waals surface area contributed by atoms with E-state index in [2.05, 4.69) is 25.9 Å². The van der Waals surface area contributed by atoms with Crippen molar-refractivity contribution in [2.24, 2.45) is 0 Å². The molecule has 0 saturated carbocycles. The first-order valence-corrected chi connectivity index (χ1v) is 7.78. The van der Waals surface area contributed by atoms with E-state index in [1.807, 2.05) is 28.8 Å². The highest BCUT2D eigenvalue weighted by atomic mass is 79.9. The van der Waals surface area contributed by atoms with Crippen LogP contribution in [0.1, 0.15) is 5.82 Å². The summed E-state index contributed by atoms with van der Waals surface area (Å²) in [5, 5.41) is 0.640. The van der Waals surface area contributed by atoms with Crippen LogP contribution in [0.5, 0.6) is 5.88 Å². The Morgan fingerprint density at radius 2 is 2.05 bits per heavy atom. The zero-order chi connectivity index (χ0) is 15.0. The molecule has 108 valence electrons. The highest BCUT2D eigenvalue weighted by Gasteiger charge is 2.14. The summed E-state index contributed by atoms with van der Waals surface area (Å²) >= 11 is 15.5. The molecule has 0 unspecified atom stereocenters. The smallest absolute Gasteiger partial charge is 0.215 e. The average molecular weight is 387 g/mol. The van der Waals surface area contributed by atoms with Crippen molar-refractivity contribution in [1.29, 1.82) is 0 Å². The number of fused-ring (bicyclic) bond motifs is 1. The Labute approximate surface area is 139 Å². The molecular weight excluding hydrogens is 377 g/mol. The van der Waals surface area contributed by atoms with Gasteiger partial charge in [-0.15, -0.1) is 11.6 Å². The van der Waals surface area contributed by atoms with Crippen molar-refractivity contribution in [1.82, 2.24) is 14.5 Å². The third kappa shape index (κ3) is 2.61. The molecule has 0 amide bonds. The van der Waals surface area contributed by atoms with Crippen molar-refractivity contribution in [3.05, 3.63) is 45.7 Å². The number of alkyl halides is 1. The topological polar surface area (TPSA) is 39.9 Å². The summed E-state index contributed by atoms with van der Waals surface area (Å²) in [6.45, 7) is 0. The first-order valence-electron chi connectivity index (χ1n) is 6.08. The first-order chi connectivity index (χ1) is 10.1. The van der Waals surface area contributed by atoms with Gasteiger partial charge in [-0.25, -0.2) is 4.98 Å². The molecule has 4 nitrogen and oxygen atoms in total. The standard InChI is InChI=1S/C14H10BrCl2N3O/c1-21-13-5-4-11-14(19-13)20(12(7-16)18-11)8-2-3-10(17)9(15)6-8/h2-6H,7H2,1H3. The summed E-state index contributed by atoms with van der Waals surface area (Å²) in [6.07, 6.45) is 0. The lowest BCUT2D eigenvalue weighted by Gasteiger charge is -2.09. The van der Waals surface area contributed by atoms with Gasteiger partial charge in [0.05, 0.1) is 23.7 Å². The number of benzene rings is 1. The Bertz CT molecular complexity index is 819. The molecular formula is C14H10BrCl2N3O. The van der Waals surface area contributed by atoms with E-state index in [1.54, 1.807) is 13.2 Å². The third-order valence-corrected chi connectivity index (χ3v) is 4.49. The summed E-state index contributed by atoms with van der Waals surface area (Å²) in [5.74, 6) is 1.51. The SMILES string of the molecule is COc1ccc2nc(CCl)n(-c3ccc(Cl)c(Br)c3)c2n1. The summed E-state index contributed by atoms with van der Waals surface area (Å²) < 4.78 is 7.88. The molecule has 0 N–H and O–H groups in total. The van der Waals surface area contributed by atoms with E-state index in [0.29, 0.717) is 22.4 Å². The number of ether oxygens (including phenoxy) is 1. The van der Waals surface area contributed by atoms with Gasteiger partial charge in [-0.05, 0) is 40.2 Å². The monoisotopic (exact) mass is 385 g/mol. The Kier molecular flexibility index (Phi) is 4.06. The van der Waals surface area contributed by atoms with E-state index in [4.69, 9.17) is 27.9 Å². The van der Waals surface area contributed by atoms with Gasteiger partial charge in [-0.2, -0.15) is 4.98 Å². The van der Waals surface area contributed by atoms with Crippen LogP contribution in [-0.2, 0) is 5.88 Å². The Hall–Kier alpha value is -1.30. The molecule has 0 spiro atoms. The second kappa shape index (κ2) is 5.83. The van der Waals surface area contributed by atoms with Gasteiger partial charge in [0.1, 0.15) is 11.3 Å². The Morgan fingerprint density at radius 1 is 1.24 bits per heavy atom. The molecule has 0 bridgehead atoms. The minimum atomic E-state index is 0.277. The largest absolute Gasteiger partial charge is 0.481 e. The highest BCUT2D eigenvalue weighted by molar-refractivity contribution is 9.10. The molecule has 2 heterocycles. The third-order valence-electron chi connectivity index (χ3n) is 3.04. The van der Waals surface area contributed by atoms with Crippen LogP contribution in [0.3, 0.4) is 0 Å². The van der Waals surface area contributed by atoms with Crippen molar-refractivity contribution in [3.63, 3.8) is 0 Å². The lowest BCUT2D eigenvalue weighted by Crippen LogP contribution is -2.01. The first kappa shape index (κ1) is 14.6. The van der Waals surface area contributed by atoms with Crippen molar-refractivity contribution >= 4 is 50.3 Å². The summed E-state index contributed by atoms with van der Waals surface area (Å²) in [5.41, 5.74) is 2.34. The molecule has 7 heteroatoms. The van der Waals surface area contributed by atoms with Crippen LogP contribution in [0.15, 0.2) is 34.8 Å². The number of halogens is 3. The predicted octanol–water partition coefficient (Wildman–Crippen LogP) is 4.58. The van der Waals surface area contributed by atoms with Gasteiger partial charge in [0.2, 0.25) is 5.88 Å². The van der Waals surface area contributed by atoms with Gasteiger partial charge in [-0.1, -0.05) is 11.6 Å². The van der Waals surface area contributed by atoms with Gasteiger partial charge in [0.15, 0.2) is 5.65 Å². The van der Waals surface area contributed by atoms with E-state index in [-0.39, 0.29) is 5.88 Å². The van der Waals surface area contributed by atoms with Crippen LogP contribution in [0.2, 0.25) is 5.02 Å². The molecule has 3 rings (SSSR count). The Balaban J connectivity index is 2.30. The minimum Gasteiger partial charge on any atom is -0.481 e. The lowest BCUT2D eigenvalue weighted by molar-refractivity contribution is 0.399. The fourth-order valence-electron chi connectivity index (χ4n) is 2.09. The number of pyridine rings is 1. The molecule has 3 aromatic rings. The number of nitrogens with zero attached hydrogens (tertiary/aromatic N) is 3. The van der Waals surface area contributed by atoms with Crippen LogP contribution in [-0.4, -0.2) is 21.6 Å². The highest BCUT2D eigenvalue weighted by Crippen LogP contribution is 2.28. The quantitative estimate of drug-likeness (QED) is 0.618. The number of rotatable bonds is 3. The van der Waals surface area contributed by atoms with E-state index in [1.165, 1.54) is 0 Å². The summed E-state index contributed by atoms with van der Waals surface area (Å²) in [7, 11) is 1.58. The zero-order valence-electron chi connectivity index (χ0n) is 11.0. The molecule has 0 fully saturated rings. The fraction of sp³-hybridized carbons (Fsp3) is 0.143.